The highest BCUT2D eigenvalue weighted by atomic mass is 16.5. The molecule has 1 aliphatic carbocycles. The molecule has 0 aliphatic heterocycles. The monoisotopic (exact) mass is 444 g/mol. The maximum absolute atomic E-state index is 8.93. The van der Waals surface area contributed by atoms with Crippen LogP contribution in [0.4, 0.5) is 0 Å². The number of aliphatic hydroxyl groups is 1. The van der Waals surface area contributed by atoms with Crippen LogP contribution in [0.25, 0.3) is 33.6 Å². The van der Waals surface area contributed by atoms with Gasteiger partial charge in [0.1, 0.15) is 0 Å². The molecular formula is C25H28N6O2. The average Bonchev–Trinajstić information content (AvgIpc) is 3.53. The zero-order valence-corrected chi connectivity index (χ0v) is 18.7. The predicted molar refractivity (Wildman–Crippen MR) is 125 cm³/mol. The van der Waals surface area contributed by atoms with Gasteiger partial charge in [-0.25, -0.2) is 9.97 Å². The molecule has 8 heteroatoms. The standard InChI is InChI=1S/C25H28N6O2/c1-30-16-21(14-28-30)18-3-2-4-19(11-18)25-26-12-20(13-27-25)22-15-29-31(17-22)23-5-7-24(8-6-23)33-10-9-32/h2-4,11-17,23-24,32H,5-10H2,1H3/t23-,24-. The van der Waals surface area contributed by atoms with E-state index in [0.29, 0.717) is 18.5 Å². The number of aliphatic hydroxyl groups excluding tert-OH is 1. The maximum atomic E-state index is 8.93. The molecule has 1 saturated carbocycles. The second-order valence-electron chi connectivity index (χ2n) is 8.51. The summed E-state index contributed by atoms with van der Waals surface area (Å²) in [5.41, 5.74) is 5.10. The highest BCUT2D eigenvalue weighted by Crippen LogP contribution is 2.31. The van der Waals surface area contributed by atoms with Crippen molar-refractivity contribution in [2.75, 3.05) is 13.2 Å². The summed E-state index contributed by atoms with van der Waals surface area (Å²) in [6, 6.07) is 8.57. The van der Waals surface area contributed by atoms with E-state index >= 15 is 0 Å². The smallest absolute Gasteiger partial charge is 0.159 e. The summed E-state index contributed by atoms with van der Waals surface area (Å²) < 4.78 is 9.53. The van der Waals surface area contributed by atoms with Crippen molar-refractivity contribution in [2.45, 2.75) is 37.8 Å². The molecule has 1 aromatic carbocycles. The number of aromatic nitrogens is 6. The van der Waals surface area contributed by atoms with Crippen LogP contribution in [0, 0.1) is 0 Å². The van der Waals surface area contributed by atoms with E-state index in [1.165, 1.54) is 0 Å². The van der Waals surface area contributed by atoms with Crippen LogP contribution in [-0.2, 0) is 11.8 Å². The van der Waals surface area contributed by atoms with E-state index in [1.807, 2.05) is 50.2 Å². The second-order valence-corrected chi connectivity index (χ2v) is 8.51. The van der Waals surface area contributed by atoms with Gasteiger partial charge in [0, 0.05) is 54.1 Å². The van der Waals surface area contributed by atoms with Gasteiger partial charge < -0.3 is 9.84 Å². The Kier molecular flexibility index (Phi) is 6.28. The Morgan fingerprint density at radius 3 is 2.33 bits per heavy atom. The molecule has 0 unspecified atom stereocenters. The molecule has 0 radical (unpaired) electrons. The third kappa shape index (κ3) is 4.86. The lowest BCUT2D eigenvalue weighted by atomic mass is 9.93. The van der Waals surface area contributed by atoms with Crippen molar-refractivity contribution in [3.8, 4) is 33.6 Å². The minimum atomic E-state index is 0.0826. The van der Waals surface area contributed by atoms with Gasteiger partial charge in [-0.15, -0.1) is 0 Å². The van der Waals surface area contributed by atoms with Crippen molar-refractivity contribution >= 4 is 0 Å². The van der Waals surface area contributed by atoms with E-state index in [-0.39, 0.29) is 12.7 Å². The predicted octanol–water partition coefficient (Wildman–Crippen LogP) is 3.90. The molecule has 1 aliphatic rings. The van der Waals surface area contributed by atoms with E-state index in [4.69, 9.17) is 9.84 Å². The van der Waals surface area contributed by atoms with E-state index in [9.17, 15) is 0 Å². The van der Waals surface area contributed by atoms with E-state index in [2.05, 4.69) is 43.2 Å². The summed E-state index contributed by atoms with van der Waals surface area (Å²) >= 11 is 0. The van der Waals surface area contributed by atoms with Crippen molar-refractivity contribution in [3.63, 3.8) is 0 Å². The number of rotatable bonds is 7. The molecule has 0 spiro atoms. The Bertz CT molecular complexity index is 1190. The maximum Gasteiger partial charge on any atom is 0.159 e. The highest BCUT2D eigenvalue weighted by molar-refractivity contribution is 5.70. The van der Waals surface area contributed by atoms with Crippen LogP contribution in [0.2, 0.25) is 0 Å². The van der Waals surface area contributed by atoms with Crippen LogP contribution in [0.1, 0.15) is 31.7 Å². The second kappa shape index (κ2) is 9.64. The summed E-state index contributed by atoms with van der Waals surface area (Å²) in [7, 11) is 1.91. The first-order valence-corrected chi connectivity index (χ1v) is 11.4. The van der Waals surface area contributed by atoms with Crippen LogP contribution in [-0.4, -0.2) is 54.0 Å². The number of hydrogen-bond acceptors (Lipinski definition) is 6. The van der Waals surface area contributed by atoms with Gasteiger partial charge in [0.05, 0.1) is 37.8 Å². The average molecular weight is 445 g/mol. The van der Waals surface area contributed by atoms with E-state index < -0.39 is 0 Å². The molecule has 0 amide bonds. The zero-order valence-electron chi connectivity index (χ0n) is 18.7. The zero-order chi connectivity index (χ0) is 22.6. The van der Waals surface area contributed by atoms with Crippen molar-refractivity contribution in [1.82, 2.24) is 29.5 Å². The van der Waals surface area contributed by atoms with Crippen molar-refractivity contribution in [3.05, 3.63) is 61.4 Å². The molecule has 170 valence electrons. The van der Waals surface area contributed by atoms with Gasteiger partial charge in [-0.3, -0.25) is 9.36 Å². The molecule has 1 N–H and O–H groups in total. The van der Waals surface area contributed by atoms with Crippen LogP contribution in [0.15, 0.2) is 61.4 Å². The minimum Gasteiger partial charge on any atom is -0.394 e. The quantitative estimate of drug-likeness (QED) is 0.465. The van der Waals surface area contributed by atoms with E-state index in [1.54, 1.807) is 4.68 Å². The van der Waals surface area contributed by atoms with Gasteiger partial charge in [-0.05, 0) is 37.3 Å². The first-order chi connectivity index (χ1) is 16.2. The molecule has 4 aromatic rings. The van der Waals surface area contributed by atoms with E-state index in [0.717, 1.165) is 53.5 Å². The first kappa shape index (κ1) is 21.5. The number of ether oxygens (including phenoxy) is 1. The fourth-order valence-corrected chi connectivity index (χ4v) is 4.42. The summed E-state index contributed by atoms with van der Waals surface area (Å²) in [5.74, 6) is 0.693. The Balaban J connectivity index is 1.27. The van der Waals surface area contributed by atoms with Gasteiger partial charge in [0.2, 0.25) is 0 Å². The van der Waals surface area contributed by atoms with Crippen LogP contribution < -0.4 is 0 Å². The molecule has 8 nitrogen and oxygen atoms in total. The molecule has 0 saturated heterocycles. The molecule has 1 fully saturated rings. The lowest BCUT2D eigenvalue weighted by molar-refractivity contribution is 0.000804. The lowest BCUT2D eigenvalue weighted by Gasteiger charge is -2.28. The molecule has 3 aromatic heterocycles. The Hall–Kier alpha value is -3.36. The summed E-state index contributed by atoms with van der Waals surface area (Å²) in [4.78, 5) is 9.24. The van der Waals surface area contributed by atoms with Crippen molar-refractivity contribution < 1.29 is 9.84 Å². The number of nitrogens with zero attached hydrogens (tertiary/aromatic N) is 6. The lowest BCUT2D eigenvalue weighted by Crippen LogP contribution is -2.24. The number of aryl methyl sites for hydroxylation is 1. The van der Waals surface area contributed by atoms with Crippen molar-refractivity contribution in [2.24, 2.45) is 7.05 Å². The normalized spacial score (nSPS) is 18.5. The van der Waals surface area contributed by atoms with Gasteiger partial charge >= 0.3 is 0 Å². The highest BCUT2D eigenvalue weighted by Gasteiger charge is 2.23. The van der Waals surface area contributed by atoms with Gasteiger partial charge in [-0.2, -0.15) is 10.2 Å². The summed E-state index contributed by atoms with van der Waals surface area (Å²) in [6.07, 6.45) is 15.8. The fourth-order valence-electron chi connectivity index (χ4n) is 4.42. The van der Waals surface area contributed by atoms with Gasteiger partial charge in [0.25, 0.3) is 0 Å². The molecule has 3 heterocycles. The minimum absolute atomic E-state index is 0.0826. The number of hydrogen-bond donors (Lipinski definition) is 1. The topological polar surface area (TPSA) is 90.9 Å². The molecule has 33 heavy (non-hydrogen) atoms. The summed E-state index contributed by atoms with van der Waals surface area (Å²) in [6.45, 7) is 0.504. The van der Waals surface area contributed by atoms with Crippen molar-refractivity contribution in [1.29, 1.82) is 0 Å². The molecule has 0 atom stereocenters. The van der Waals surface area contributed by atoms with Gasteiger partial charge in [-0.1, -0.05) is 18.2 Å². The van der Waals surface area contributed by atoms with Crippen LogP contribution in [0.3, 0.4) is 0 Å². The van der Waals surface area contributed by atoms with Crippen LogP contribution >= 0.6 is 0 Å². The third-order valence-electron chi connectivity index (χ3n) is 6.21. The number of benzene rings is 1. The fraction of sp³-hybridized carbons (Fsp3) is 0.360. The first-order valence-electron chi connectivity index (χ1n) is 11.4. The van der Waals surface area contributed by atoms with Crippen LogP contribution in [0.5, 0.6) is 0 Å². The van der Waals surface area contributed by atoms with Gasteiger partial charge in [0.15, 0.2) is 5.82 Å². The largest absolute Gasteiger partial charge is 0.394 e. The summed E-state index contributed by atoms with van der Waals surface area (Å²) in [5, 5.41) is 17.8. The molecular weight excluding hydrogens is 416 g/mol. The molecule has 5 rings (SSSR count). The molecule has 0 bridgehead atoms. The Labute approximate surface area is 192 Å². The Morgan fingerprint density at radius 1 is 0.879 bits per heavy atom. The SMILES string of the molecule is Cn1cc(-c2cccc(-c3ncc(-c4cnn([C@H]5CC[C@H](OCCO)CC5)c4)cn3)c2)cn1. The Morgan fingerprint density at radius 2 is 1.61 bits per heavy atom. The third-order valence-corrected chi connectivity index (χ3v) is 6.21.